The third-order valence-electron chi connectivity index (χ3n) is 4.90. The minimum Gasteiger partial charge on any atom is -0.393 e. The maximum Gasteiger partial charge on any atom is 0.0641 e. The van der Waals surface area contributed by atoms with Gasteiger partial charge in [0.25, 0.3) is 0 Å². The lowest BCUT2D eigenvalue weighted by atomic mass is 9.56. The zero-order valence-corrected chi connectivity index (χ0v) is 10.8. The first-order valence-corrected chi connectivity index (χ1v) is 6.60. The highest BCUT2D eigenvalue weighted by molar-refractivity contribution is 5.17. The van der Waals surface area contributed by atoms with E-state index in [4.69, 9.17) is 0 Å². The van der Waals surface area contributed by atoms with Gasteiger partial charge in [0.15, 0.2) is 0 Å². The molecular formula is C15H24O2. The quantitative estimate of drug-likeness (QED) is 0.724. The Balaban J connectivity index is 2.14. The molecule has 2 aliphatic rings. The van der Waals surface area contributed by atoms with Gasteiger partial charge in [-0.3, -0.25) is 0 Å². The number of fused-ring (bicyclic) bond motifs is 1. The van der Waals surface area contributed by atoms with Gasteiger partial charge >= 0.3 is 0 Å². The summed E-state index contributed by atoms with van der Waals surface area (Å²) >= 11 is 0. The van der Waals surface area contributed by atoms with E-state index in [-0.39, 0.29) is 18.1 Å². The van der Waals surface area contributed by atoms with Crippen LogP contribution in [0.15, 0.2) is 24.3 Å². The highest BCUT2D eigenvalue weighted by Gasteiger charge is 2.45. The molecule has 96 valence electrons. The van der Waals surface area contributed by atoms with E-state index in [9.17, 15) is 10.2 Å². The lowest BCUT2D eigenvalue weighted by Gasteiger charge is -2.50. The van der Waals surface area contributed by atoms with E-state index in [1.54, 1.807) is 0 Å². The van der Waals surface area contributed by atoms with Gasteiger partial charge in [-0.15, -0.1) is 0 Å². The standard InChI is InChI=1S/C15H24O2/c1-10-6-13(17)8-15(3)5-4-12(7-14(10)15)11(2)9-16/h12-14,16-17H,1-2,4-9H2,3H3/t12-,13+,14+,15+/m1/s1. The fourth-order valence-corrected chi connectivity index (χ4v) is 3.82. The molecule has 2 nitrogen and oxygen atoms in total. The maximum atomic E-state index is 9.89. The predicted octanol–water partition coefficient (Wildman–Crippen LogP) is 2.67. The second-order valence-electron chi connectivity index (χ2n) is 6.21. The largest absolute Gasteiger partial charge is 0.393 e. The van der Waals surface area contributed by atoms with Crippen molar-refractivity contribution in [3.05, 3.63) is 24.3 Å². The number of rotatable bonds is 2. The van der Waals surface area contributed by atoms with Crippen LogP contribution in [0.2, 0.25) is 0 Å². The molecule has 2 N–H and O–H groups in total. The summed E-state index contributed by atoms with van der Waals surface area (Å²) in [5, 5.41) is 19.1. The second-order valence-corrected chi connectivity index (χ2v) is 6.21. The summed E-state index contributed by atoms with van der Waals surface area (Å²) in [5.74, 6) is 0.929. The average molecular weight is 236 g/mol. The van der Waals surface area contributed by atoms with Gasteiger partial charge in [0, 0.05) is 0 Å². The fraction of sp³-hybridized carbons (Fsp3) is 0.733. The molecule has 0 spiro atoms. The van der Waals surface area contributed by atoms with Crippen LogP contribution < -0.4 is 0 Å². The predicted molar refractivity (Wildman–Crippen MR) is 69.5 cm³/mol. The van der Waals surface area contributed by atoms with Gasteiger partial charge in [0.05, 0.1) is 12.7 Å². The zero-order valence-electron chi connectivity index (χ0n) is 10.8. The van der Waals surface area contributed by atoms with E-state index in [1.807, 2.05) is 0 Å². The van der Waals surface area contributed by atoms with Gasteiger partial charge in [0.1, 0.15) is 0 Å². The lowest BCUT2D eigenvalue weighted by molar-refractivity contribution is 0.00860. The summed E-state index contributed by atoms with van der Waals surface area (Å²) in [7, 11) is 0. The highest BCUT2D eigenvalue weighted by atomic mass is 16.3. The Morgan fingerprint density at radius 1 is 1.53 bits per heavy atom. The lowest BCUT2D eigenvalue weighted by Crippen LogP contribution is -2.42. The van der Waals surface area contributed by atoms with Gasteiger partial charge in [-0.05, 0) is 54.9 Å². The summed E-state index contributed by atoms with van der Waals surface area (Å²) in [6.07, 6.45) is 4.69. The Morgan fingerprint density at radius 2 is 2.24 bits per heavy atom. The van der Waals surface area contributed by atoms with Crippen LogP contribution in [0, 0.1) is 17.3 Å². The van der Waals surface area contributed by atoms with E-state index < -0.39 is 0 Å². The molecule has 17 heavy (non-hydrogen) atoms. The van der Waals surface area contributed by atoms with E-state index >= 15 is 0 Å². The van der Waals surface area contributed by atoms with Gasteiger partial charge in [-0.2, -0.15) is 0 Å². The molecule has 2 heteroatoms. The summed E-state index contributed by atoms with van der Waals surface area (Å²) in [6.45, 7) is 10.5. The van der Waals surface area contributed by atoms with Crippen molar-refractivity contribution in [2.45, 2.75) is 45.1 Å². The smallest absolute Gasteiger partial charge is 0.0641 e. The summed E-state index contributed by atoms with van der Waals surface area (Å²) in [4.78, 5) is 0. The summed E-state index contributed by atoms with van der Waals surface area (Å²) < 4.78 is 0. The minimum atomic E-state index is -0.207. The van der Waals surface area contributed by atoms with Crippen molar-refractivity contribution in [3.63, 3.8) is 0 Å². The third-order valence-corrected chi connectivity index (χ3v) is 4.90. The molecular weight excluding hydrogens is 212 g/mol. The van der Waals surface area contributed by atoms with Crippen LogP contribution in [0.25, 0.3) is 0 Å². The Labute approximate surface area is 104 Å². The zero-order chi connectivity index (χ0) is 12.6. The molecule has 2 aliphatic carbocycles. The average Bonchev–Trinajstić information content (AvgIpc) is 2.26. The van der Waals surface area contributed by atoms with Crippen LogP contribution in [-0.4, -0.2) is 22.9 Å². The Morgan fingerprint density at radius 3 is 2.88 bits per heavy atom. The van der Waals surface area contributed by atoms with E-state index in [2.05, 4.69) is 20.1 Å². The number of hydrogen-bond acceptors (Lipinski definition) is 2. The van der Waals surface area contributed by atoms with Crippen molar-refractivity contribution in [1.29, 1.82) is 0 Å². The van der Waals surface area contributed by atoms with Crippen molar-refractivity contribution >= 4 is 0 Å². The second kappa shape index (κ2) is 4.58. The van der Waals surface area contributed by atoms with Gasteiger partial charge in [0.2, 0.25) is 0 Å². The van der Waals surface area contributed by atoms with Crippen LogP contribution in [0.5, 0.6) is 0 Å². The molecule has 0 amide bonds. The van der Waals surface area contributed by atoms with Crippen LogP contribution in [0.1, 0.15) is 39.0 Å². The van der Waals surface area contributed by atoms with Crippen molar-refractivity contribution in [2.75, 3.05) is 6.61 Å². The van der Waals surface area contributed by atoms with Gasteiger partial charge in [-0.1, -0.05) is 25.7 Å². The normalized spacial score (nSPS) is 42.1. The van der Waals surface area contributed by atoms with Crippen LogP contribution >= 0.6 is 0 Å². The Kier molecular flexibility index (Phi) is 3.46. The summed E-state index contributed by atoms with van der Waals surface area (Å²) in [6, 6.07) is 0. The molecule has 2 saturated carbocycles. The SMILES string of the molecule is C=C(CO)[C@@H]1CC[C@@]2(C)C[C@@H](O)CC(=C)[C@@H]2C1. The molecule has 0 aromatic carbocycles. The van der Waals surface area contributed by atoms with E-state index in [0.29, 0.717) is 11.8 Å². The molecule has 0 unspecified atom stereocenters. The van der Waals surface area contributed by atoms with Crippen molar-refractivity contribution < 1.29 is 10.2 Å². The van der Waals surface area contributed by atoms with Crippen LogP contribution in [-0.2, 0) is 0 Å². The molecule has 0 radical (unpaired) electrons. The van der Waals surface area contributed by atoms with Gasteiger partial charge < -0.3 is 10.2 Å². The number of aliphatic hydroxyl groups excluding tert-OH is 2. The third kappa shape index (κ3) is 2.34. The first-order valence-electron chi connectivity index (χ1n) is 6.60. The molecule has 4 atom stereocenters. The molecule has 0 aromatic rings. The van der Waals surface area contributed by atoms with Gasteiger partial charge in [-0.25, -0.2) is 0 Å². The first kappa shape index (κ1) is 12.8. The first-order chi connectivity index (χ1) is 7.96. The Bertz CT molecular complexity index is 334. The molecule has 0 saturated heterocycles. The van der Waals surface area contributed by atoms with E-state index in [1.165, 1.54) is 5.57 Å². The van der Waals surface area contributed by atoms with Crippen molar-refractivity contribution in [1.82, 2.24) is 0 Å². The number of hydrogen-bond donors (Lipinski definition) is 2. The summed E-state index contributed by atoms with van der Waals surface area (Å²) in [5.41, 5.74) is 2.37. The highest BCUT2D eigenvalue weighted by Crippen LogP contribution is 2.54. The van der Waals surface area contributed by atoms with Crippen LogP contribution in [0.3, 0.4) is 0 Å². The molecule has 0 heterocycles. The Hall–Kier alpha value is -0.600. The molecule has 0 aromatic heterocycles. The van der Waals surface area contributed by atoms with Crippen molar-refractivity contribution in [3.8, 4) is 0 Å². The molecule has 0 bridgehead atoms. The fourth-order valence-electron chi connectivity index (χ4n) is 3.82. The molecule has 2 fully saturated rings. The monoisotopic (exact) mass is 236 g/mol. The maximum absolute atomic E-state index is 9.89. The van der Waals surface area contributed by atoms with Crippen LogP contribution in [0.4, 0.5) is 0 Å². The number of aliphatic hydroxyl groups is 2. The van der Waals surface area contributed by atoms with E-state index in [0.717, 1.165) is 37.7 Å². The topological polar surface area (TPSA) is 40.5 Å². The van der Waals surface area contributed by atoms with Crippen molar-refractivity contribution in [2.24, 2.45) is 17.3 Å². The molecule has 2 rings (SSSR count). The molecule has 0 aliphatic heterocycles. The minimum absolute atomic E-state index is 0.100.